The molecule has 71 valence electrons. The Morgan fingerprint density at radius 2 is 2.08 bits per heavy atom. The van der Waals surface area contributed by atoms with E-state index in [1.807, 2.05) is 6.08 Å². The minimum atomic E-state index is -0.438. The monoisotopic (exact) mass is 218 g/mol. The van der Waals surface area contributed by atoms with Gasteiger partial charge >= 0.3 is 33.2 Å². The predicted octanol–water partition coefficient (Wildman–Crippen LogP) is 0.439. The number of rotatable bonds is 1. The second kappa shape index (κ2) is 10.8. The van der Waals surface area contributed by atoms with E-state index in [9.17, 15) is 4.79 Å². The third kappa shape index (κ3) is 8.74. The standard InChI is InChI=1S/C6H4O.2CO.CH3.Mn/c7-5-6-3-1-2-4-6;2*1-2;;/h1,3H,2H2;;;1H3;/q-2;;;-1;. The van der Waals surface area contributed by atoms with Crippen molar-refractivity contribution < 1.29 is 28.5 Å². The molecule has 0 N–H and O–H groups in total. The fourth-order valence-electron chi connectivity index (χ4n) is 0.490. The van der Waals surface area contributed by atoms with Crippen LogP contribution in [0.15, 0.2) is 17.7 Å². The minimum Gasteiger partial charge on any atom is -0.358 e. The second-order valence-electron chi connectivity index (χ2n) is 1.55. The summed E-state index contributed by atoms with van der Waals surface area (Å²) in [5.74, 6) is 0. The third-order valence-corrected chi connectivity index (χ3v) is 1.12. The number of allylic oxidation sites excluding steroid dienone is 4. The summed E-state index contributed by atoms with van der Waals surface area (Å²) in [4.78, 5) is 30.5. The van der Waals surface area contributed by atoms with Crippen LogP contribution in [0.4, 0.5) is 0 Å². The molecule has 13 heavy (non-hydrogen) atoms. The van der Waals surface area contributed by atoms with Crippen LogP contribution in [0.2, 0.25) is 0 Å². The van der Waals surface area contributed by atoms with Gasteiger partial charge in [0.1, 0.15) is 0 Å². The molecule has 0 spiro atoms. The smallest absolute Gasteiger partial charge is 0.358 e. The van der Waals surface area contributed by atoms with Crippen molar-refractivity contribution in [3.63, 3.8) is 0 Å². The molecule has 3 nitrogen and oxygen atoms in total. The maximum atomic E-state index is 9.73. The Labute approximate surface area is 82.4 Å². The Hall–Kier alpha value is -1.17. The quantitative estimate of drug-likeness (QED) is 0.474. The Bertz CT molecular complexity index is 300. The number of hydrogen-bond donors (Lipinski definition) is 0. The zero-order valence-corrected chi connectivity index (χ0v) is 8.14. The molecule has 0 atom stereocenters. The summed E-state index contributed by atoms with van der Waals surface area (Å²) in [5.41, 5.74) is 0.556. The average molecular weight is 218 g/mol. The van der Waals surface area contributed by atoms with Gasteiger partial charge in [0.2, 0.25) is 0 Å². The number of hydrogen-bond acceptors (Lipinski definition) is 3. The first-order valence-electron chi connectivity index (χ1n) is 2.87. The van der Waals surface area contributed by atoms with Gasteiger partial charge < -0.3 is 23.9 Å². The van der Waals surface area contributed by atoms with E-state index < -0.39 is 14.1 Å². The van der Waals surface area contributed by atoms with Crippen molar-refractivity contribution in [2.24, 2.45) is 0 Å². The van der Waals surface area contributed by atoms with Gasteiger partial charge in [-0.25, -0.2) is 6.08 Å². The first kappa shape index (κ1) is 14.4. The molecule has 0 aromatic heterocycles. The Kier molecular flexibility index (Phi) is 12.0. The largest absolute Gasteiger partial charge is 0.358 e. The molecule has 1 aliphatic carbocycles. The van der Waals surface area contributed by atoms with Crippen LogP contribution in [0.25, 0.3) is 0 Å². The van der Waals surface area contributed by atoms with Crippen molar-refractivity contribution in [2.75, 3.05) is 0 Å². The molecule has 1 aliphatic rings. The fraction of sp³-hybridized carbons (Fsp3) is 0.111. The van der Waals surface area contributed by atoms with E-state index in [1.54, 1.807) is 12.4 Å². The summed E-state index contributed by atoms with van der Waals surface area (Å²) < 4.78 is 0. The molecule has 0 unspecified atom stereocenters. The summed E-state index contributed by atoms with van der Waals surface area (Å²) in [5, 5.41) is 0. The van der Waals surface area contributed by atoms with Crippen LogP contribution in [0.5, 0.6) is 0 Å². The molecule has 0 bridgehead atoms. The van der Waals surface area contributed by atoms with Crippen molar-refractivity contribution in [3.05, 3.63) is 31.2 Å². The van der Waals surface area contributed by atoms with Crippen LogP contribution in [0.3, 0.4) is 0 Å². The second-order valence-corrected chi connectivity index (χ2v) is 2.32. The van der Waals surface area contributed by atoms with Crippen LogP contribution >= 0.6 is 0 Å². The third-order valence-electron chi connectivity index (χ3n) is 0.882. The van der Waals surface area contributed by atoms with Gasteiger partial charge in [-0.1, -0.05) is 0 Å². The summed E-state index contributed by atoms with van der Waals surface area (Å²) >= 11 is -0.438. The van der Waals surface area contributed by atoms with Crippen LogP contribution in [-0.4, -0.2) is 15.9 Å². The van der Waals surface area contributed by atoms with Gasteiger partial charge in [0.05, 0.1) is 0 Å². The summed E-state index contributed by atoms with van der Waals surface area (Å²) in [7, 11) is 0. The molecule has 0 saturated heterocycles. The minimum absolute atomic E-state index is 0. The van der Waals surface area contributed by atoms with Gasteiger partial charge in [-0.05, 0) is 0 Å². The topological polar surface area (TPSA) is 51.2 Å². The molecule has 0 amide bonds. The van der Waals surface area contributed by atoms with E-state index in [0.29, 0.717) is 5.57 Å². The summed E-state index contributed by atoms with van der Waals surface area (Å²) in [6.07, 6.45) is 8.88. The van der Waals surface area contributed by atoms with Gasteiger partial charge in [-0.2, -0.15) is 0 Å². The molecule has 0 fully saturated rings. The van der Waals surface area contributed by atoms with Gasteiger partial charge in [-0.15, -0.1) is 12.7 Å². The summed E-state index contributed by atoms with van der Waals surface area (Å²) in [6, 6.07) is 0. The van der Waals surface area contributed by atoms with Gasteiger partial charge in [0.15, 0.2) is 0 Å². The van der Waals surface area contributed by atoms with Crippen LogP contribution in [0.1, 0.15) is 6.42 Å². The zero-order valence-electron chi connectivity index (χ0n) is 6.96. The van der Waals surface area contributed by atoms with Crippen molar-refractivity contribution >= 4 is 15.9 Å². The van der Waals surface area contributed by atoms with Crippen LogP contribution in [-0.2, 0) is 28.5 Å². The average Bonchev–Trinajstić information content (AvgIpc) is 2.58. The van der Waals surface area contributed by atoms with E-state index >= 15 is 0 Å². The molecule has 0 aromatic rings. The maximum absolute atomic E-state index is 9.73. The molecule has 0 heterocycles. The van der Waals surface area contributed by atoms with Crippen molar-refractivity contribution in [1.82, 2.24) is 0 Å². The maximum Gasteiger partial charge on any atom is -0.358 e. The van der Waals surface area contributed by atoms with Gasteiger partial charge in [-0.3, -0.25) is 6.08 Å². The van der Waals surface area contributed by atoms with Gasteiger partial charge in [0, 0.05) is 0 Å². The Morgan fingerprint density at radius 3 is 2.23 bits per heavy atom. The van der Waals surface area contributed by atoms with Crippen molar-refractivity contribution in [2.45, 2.75) is 6.42 Å². The molecular weight excluding hydrogens is 211 g/mol. The van der Waals surface area contributed by atoms with E-state index in [0.717, 1.165) is 6.42 Å². The van der Waals surface area contributed by atoms with E-state index in [4.69, 9.17) is 9.59 Å². The van der Waals surface area contributed by atoms with Crippen LogP contribution in [0, 0.1) is 13.5 Å². The molecule has 0 aromatic carbocycles. The zero-order chi connectivity index (χ0) is 9.23. The first-order valence-corrected chi connectivity index (χ1v) is 4.05. The van der Waals surface area contributed by atoms with Crippen LogP contribution < -0.4 is 0 Å². The Balaban J connectivity index is 0. The van der Waals surface area contributed by atoms with E-state index in [2.05, 4.69) is 6.08 Å². The van der Waals surface area contributed by atoms with E-state index in [-0.39, 0.29) is 7.43 Å². The van der Waals surface area contributed by atoms with Crippen molar-refractivity contribution in [1.29, 1.82) is 0 Å². The molecule has 0 radical (unpaired) electrons. The SMILES string of the molecule is O=[C-]C1=[C-]CC=C1.O=[C]=[Mn]=[C]=O.[CH3-]. The molecule has 0 saturated carbocycles. The predicted molar refractivity (Wildman–Crippen MR) is 44.0 cm³/mol. The fourth-order valence-corrected chi connectivity index (χ4v) is 0.540. The number of carbonyl (C=O) groups excluding carboxylic acids is 3. The molecule has 4 heteroatoms. The van der Waals surface area contributed by atoms with Gasteiger partial charge in [0.25, 0.3) is 0 Å². The molecule has 1 rings (SSSR count). The molecular formula is C9H7MnO3-3. The van der Waals surface area contributed by atoms with E-state index in [1.165, 1.54) is 9.57 Å². The normalized spacial score (nSPS) is 10.6. The summed E-state index contributed by atoms with van der Waals surface area (Å²) in [6.45, 7) is 0. The first-order chi connectivity index (χ1) is 5.85. The van der Waals surface area contributed by atoms with Crippen molar-refractivity contribution in [3.8, 4) is 0 Å². The Morgan fingerprint density at radius 1 is 1.46 bits per heavy atom. The molecule has 0 aliphatic heterocycles.